The van der Waals surface area contributed by atoms with Crippen LogP contribution >= 0.6 is 0 Å². The molecule has 0 aliphatic carbocycles. The van der Waals surface area contributed by atoms with Gasteiger partial charge < -0.3 is 94.7 Å². The van der Waals surface area contributed by atoms with Crippen LogP contribution in [0.2, 0.25) is 0 Å². The lowest BCUT2D eigenvalue weighted by molar-refractivity contribution is -0.146. The van der Waals surface area contributed by atoms with Gasteiger partial charge in [0.1, 0.15) is 74.6 Å². The molecular weight excluding hydrogens is 1350 g/mol. The van der Waals surface area contributed by atoms with E-state index < -0.39 is 131 Å². The smallest absolute Gasteiger partial charge is 0.407 e. The van der Waals surface area contributed by atoms with Gasteiger partial charge in [-0.15, -0.1) is 0 Å². The van der Waals surface area contributed by atoms with Gasteiger partial charge in [0.05, 0.1) is 26.7 Å². The Labute approximate surface area is 609 Å². The van der Waals surface area contributed by atoms with Gasteiger partial charge in [-0.05, 0) is 201 Å². The molecule has 4 unspecified atom stereocenters. The number of benzene rings is 2. The van der Waals surface area contributed by atoms with E-state index in [0.717, 1.165) is 11.1 Å². The summed E-state index contributed by atoms with van der Waals surface area (Å²) in [4.78, 5) is 147. The zero-order valence-corrected chi connectivity index (χ0v) is 64.3. The van der Waals surface area contributed by atoms with Gasteiger partial charge in [0.15, 0.2) is 24.7 Å². The summed E-state index contributed by atoms with van der Waals surface area (Å²) in [6.45, 7) is 27.3. The van der Waals surface area contributed by atoms with Crippen molar-refractivity contribution in [2.24, 2.45) is 0 Å². The second-order valence-electron chi connectivity index (χ2n) is 29.4. The third kappa shape index (κ3) is 33.3. The lowest BCUT2D eigenvalue weighted by Crippen LogP contribution is -2.52. The van der Waals surface area contributed by atoms with Gasteiger partial charge in [0.25, 0.3) is 11.8 Å². The van der Waals surface area contributed by atoms with Crippen molar-refractivity contribution < 1.29 is 100 Å². The monoisotopic (exact) mass is 1470 g/mol. The maximum absolute atomic E-state index is 15.1. The van der Waals surface area contributed by atoms with E-state index >= 15 is 4.79 Å². The number of carbonyl (C=O) groups excluding carboxylic acids is 10. The lowest BCUT2D eigenvalue weighted by Gasteiger charge is -2.23. The molecule has 8 amide bonds. The second-order valence-corrected chi connectivity index (χ2v) is 29.4. The highest BCUT2D eigenvalue weighted by Gasteiger charge is 2.32. The van der Waals surface area contributed by atoms with E-state index in [1.54, 1.807) is 89.2 Å². The summed E-state index contributed by atoms with van der Waals surface area (Å²) in [5.74, 6) is -5.22. The van der Waals surface area contributed by atoms with E-state index in [1.807, 2.05) is 33.8 Å². The quantitative estimate of drug-likeness (QED) is 0.00843. The Morgan fingerprint density at radius 2 is 0.779 bits per heavy atom. The number of fused-ring (bicyclic) bond motifs is 2. The molecule has 30 heteroatoms. The molecule has 104 heavy (non-hydrogen) atoms. The van der Waals surface area contributed by atoms with Crippen LogP contribution < -0.4 is 62.2 Å². The third-order valence-electron chi connectivity index (χ3n) is 14.9. The van der Waals surface area contributed by atoms with E-state index in [4.69, 9.17) is 47.0 Å². The Morgan fingerprint density at radius 3 is 1.12 bits per heavy atom. The fourth-order valence-electron chi connectivity index (χ4n) is 10.2. The normalized spacial score (nSPS) is 12.7. The minimum Gasteiger partial charge on any atom is -0.507 e. The summed E-state index contributed by atoms with van der Waals surface area (Å²) in [6.07, 6.45) is 4.24. The Bertz CT molecular complexity index is 3550. The first-order chi connectivity index (χ1) is 48.5. The van der Waals surface area contributed by atoms with Crippen molar-refractivity contribution in [2.45, 2.75) is 247 Å². The molecule has 1 aromatic heterocycles. The number of carbonyl (C=O) groups is 10. The summed E-state index contributed by atoms with van der Waals surface area (Å²) < 4.78 is 56.1. The van der Waals surface area contributed by atoms with Crippen molar-refractivity contribution in [3.05, 3.63) is 56.8 Å². The fourth-order valence-corrected chi connectivity index (χ4v) is 10.2. The number of unbranched alkanes of at least 4 members (excludes halogenated alkanes) is 4. The molecule has 0 aliphatic heterocycles. The average Bonchev–Trinajstić information content (AvgIpc) is 0.736. The first-order valence-corrected chi connectivity index (χ1v) is 35.2. The number of esters is 2. The Hall–Kier alpha value is -9.51. The highest BCUT2D eigenvalue weighted by molar-refractivity contribution is 5.98. The molecule has 0 bridgehead atoms. The predicted octanol–water partition coefficient (Wildman–Crippen LogP) is 9.50. The second kappa shape index (κ2) is 42.3. The zero-order valence-electron chi connectivity index (χ0n) is 64.3. The third-order valence-corrected chi connectivity index (χ3v) is 14.9. The van der Waals surface area contributed by atoms with Gasteiger partial charge in [-0.3, -0.25) is 24.0 Å². The Morgan fingerprint density at radius 1 is 0.452 bits per heavy atom. The summed E-state index contributed by atoms with van der Waals surface area (Å²) in [7, 11) is 3.67. The molecule has 4 atom stereocenters. The van der Waals surface area contributed by atoms with Crippen molar-refractivity contribution in [2.75, 3.05) is 60.7 Å². The molecule has 0 fully saturated rings. The highest BCUT2D eigenvalue weighted by Crippen LogP contribution is 2.42. The number of nitrogens with one attached hydrogen (secondary N) is 8. The van der Waals surface area contributed by atoms with Crippen LogP contribution in [0.15, 0.2) is 44.6 Å². The number of hydrogen-bond donors (Lipinski definition) is 9. The molecule has 9 N–H and O–H groups in total. The van der Waals surface area contributed by atoms with Gasteiger partial charge in [0.2, 0.25) is 17.2 Å². The summed E-state index contributed by atoms with van der Waals surface area (Å²) in [5, 5.41) is 33.5. The summed E-state index contributed by atoms with van der Waals surface area (Å²) in [6, 6.07) is -2.17. The van der Waals surface area contributed by atoms with Crippen LogP contribution in [0.3, 0.4) is 0 Å². The molecule has 0 saturated carbocycles. The van der Waals surface area contributed by atoms with Gasteiger partial charge in [-0.2, -0.15) is 0 Å². The average molecular weight is 1470 g/mol. The van der Waals surface area contributed by atoms with E-state index in [-0.39, 0.29) is 121 Å². The minimum atomic E-state index is -1.27. The fraction of sp³-hybridized carbons (Fsp3) is 0.635. The number of amides is 8. The van der Waals surface area contributed by atoms with Gasteiger partial charge in [0, 0.05) is 49.4 Å². The van der Waals surface area contributed by atoms with Gasteiger partial charge in [-0.1, -0.05) is 23.3 Å². The number of alkyl carbamates (subject to hydrolysis) is 4. The summed E-state index contributed by atoms with van der Waals surface area (Å²) in [5.41, 5.74) is -1.83. The first-order valence-electron chi connectivity index (χ1n) is 35.2. The van der Waals surface area contributed by atoms with Gasteiger partial charge in [-0.25, -0.2) is 28.8 Å². The van der Waals surface area contributed by atoms with Crippen molar-refractivity contribution in [1.29, 1.82) is 0 Å². The SMILES string of the molecule is COC(=O)C(CCCCNC(=O)OC(C)(C)C)NC(=O)C(CCCCNC(=O)OC(C)(C)C)NC(=O)COc1cc2oc3cc(OCC(=O)NC(CCCCNC(=O)OC(C)(C)C)C(=O)NC(CCCCNC(=O)OC(C)(C)C)C(=O)OC)c(OC)c(CC=C(C)C)c3c(=O)c2c(O)c1CC=C(C)C. The number of phenolic OH excluding ortho intramolecular Hbond substituents is 1. The molecule has 0 saturated heterocycles. The number of allylic oxidation sites excluding steroid dienone is 4. The molecule has 2 aromatic carbocycles. The topological polar surface area (TPSA) is 400 Å². The molecule has 3 aromatic rings. The number of hydrogen-bond acceptors (Lipinski definition) is 22. The minimum absolute atomic E-state index is 0.00595. The molecule has 0 spiro atoms. The highest BCUT2D eigenvalue weighted by atomic mass is 16.6. The van der Waals surface area contributed by atoms with Crippen molar-refractivity contribution in [3.63, 3.8) is 0 Å². The largest absolute Gasteiger partial charge is 0.507 e. The molecule has 1 heterocycles. The number of phenols is 1. The van der Waals surface area contributed by atoms with E-state index in [1.165, 1.54) is 33.5 Å². The van der Waals surface area contributed by atoms with Crippen LogP contribution in [0.4, 0.5) is 19.2 Å². The Balaban J connectivity index is 2.07. The number of ether oxygens (including phenoxy) is 9. The van der Waals surface area contributed by atoms with Crippen molar-refractivity contribution in [3.8, 4) is 23.0 Å². The zero-order chi connectivity index (χ0) is 78.3. The first kappa shape index (κ1) is 88.7. The molecule has 30 nitrogen and oxygen atoms in total. The molecular formula is C74H114N8O22. The van der Waals surface area contributed by atoms with Crippen LogP contribution in [0.1, 0.15) is 199 Å². The number of rotatable bonds is 39. The van der Waals surface area contributed by atoms with E-state index in [0.29, 0.717) is 44.9 Å². The molecule has 3 rings (SSSR count). The Kier molecular flexibility index (Phi) is 36.1. The number of methoxy groups -OCH3 is 3. The van der Waals surface area contributed by atoms with E-state index in [2.05, 4.69) is 42.5 Å². The maximum atomic E-state index is 15.1. The molecule has 0 radical (unpaired) electrons. The van der Waals surface area contributed by atoms with Crippen molar-refractivity contribution >= 4 is 81.9 Å². The van der Waals surface area contributed by atoms with Gasteiger partial charge >= 0.3 is 36.3 Å². The van der Waals surface area contributed by atoms with Crippen LogP contribution in [0.25, 0.3) is 21.9 Å². The predicted molar refractivity (Wildman–Crippen MR) is 390 cm³/mol. The maximum Gasteiger partial charge on any atom is 0.407 e. The van der Waals surface area contributed by atoms with Crippen molar-refractivity contribution in [1.82, 2.24) is 42.5 Å². The number of aromatic hydroxyl groups is 1. The van der Waals surface area contributed by atoms with E-state index in [9.17, 15) is 53.1 Å². The van der Waals surface area contributed by atoms with Crippen LogP contribution in [-0.4, -0.2) is 172 Å². The molecule has 582 valence electrons. The van der Waals surface area contributed by atoms with Crippen LogP contribution in [0.5, 0.6) is 23.0 Å². The summed E-state index contributed by atoms with van der Waals surface area (Å²) >= 11 is 0. The lowest BCUT2D eigenvalue weighted by atomic mass is 9.98. The van der Waals surface area contributed by atoms with Crippen LogP contribution in [0, 0.1) is 0 Å². The van der Waals surface area contributed by atoms with Crippen LogP contribution in [-0.2, 0) is 70.0 Å². The molecule has 0 aliphatic rings. The standard InChI is InChI=1S/C74H114N8O22/c1-44(2)32-34-46-52(98-42-56(83)79-48(28-20-24-36-75-67(91)101-71(5,6)7)63(87)81-50(65(89)96-18)30-22-26-38-77-69(93)103-73(11,12)13)40-54-59(60(46)85)61(86)58-47(35-33-45(3)4)62(95-17)55(41-53(58)100-54)99-43-57(84)80-49(29-21-25-37-76-68(92)102-72(8,9)10)64(88)82-51(66(90)97-19)31-23-27-39-78-70(94)104-74(14,15)16/h32-33,40-41,48-51,85H,20-31,34-39,42-43H2,1-19H3,(H,75,91)(H,76,92)(H,77,93)(H,78,94)(H,79,83)(H,80,84)(H,81,87)(H,82,88).